The molecule has 2 heterocycles. The first-order valence-electron chi connectivity index (χ1n) is 4.83. The van der Waals surface area contributed by atoms with Crippen LogP contribution in [0.4, 0.5) is 0 Å². The molecule has 0 amide bonds. The molecule has 1 spiro atoms. The maximum Gasteiger partial charge on any atom is 0.325 e. The van der Waals surface area contributed by atoms with E-state index in [4.69, 9.17) is 9.47 Å². The van der Waals surface area contributed by atoms with Gasteiger partial charge in [0, 0.05) is 12.8 Å². The normalized spacial score (nSPS) is 30.5. The molecule has 2 rings (SSSR count). The number of rotatable bonds is 1. The van der Waals surface area contributed by atoms with E-state index in [9.17, 15) is 4.79 Å². The molecule has 80 valence electrons. The Morgan fingerprint density at radius 2 is 2.21 bits per heavy atom. The molecule has 1 atom stereocenters. The third-order valence-electron chi connectivity index (χ3n) is 2.75. The molecule has 0 aromatic heterocycles. The van der Waals surface area contributed by atoms with Gasteiger partial charge in [-0.1, -0.05) is 0 Å². The molecule has 5 heteroatoms. The third-order valence-corrected chi connectivity index (χ3v) is 2.75. The van der Waals surface area contributed by atoms with Gasteiger partial charge in [0.2, 0.25) is 0 Å². The Morgan fingerprint density at radius 3 is 2.86 bits per heavy atom. The lowest BCUT2D eigenvalue weighted by Gasteiger charge is -2.32. The Kier molecular flexibility index (Phi) is 2.71. The zero-order valence-electron chi connectivity index (χ0n) is 8.25. The smallest absolute Gasteiger partial charge is 0.325 e. The zero-order valence-corrected chi connectivity index (χ0v) is 8.25. The summed E-state index contributed by atoms with van der Waals surface area (Å²) in [5.41, 5.74) is -0.350. The Balaban J connectivity index is 1.95. The first-order valence-corrected chi connectivity index (χ1v) is 4.83. The monoisotopic (exact) mass is 201 g/mol. The van der Waals surface area contributed by atoms with Crippen molar-refractivity contribution in [2.45, 2.75) is 24.6 Å². The van der Waals surface area contributed by atoms with E-state index in [2.05, 4.69) is 10.1 Å². The molecule has 0 radical (unpaired) electrons. The SMILES string of the molecule is COC(=O)C1COC2(CCOCC2)N1. The average molecular weight is 201 g/mol. The summed E-state index contributed by atoms with van der Waals surface area (Å²) in [5, 5.41) is 3.18. The molecule has 5 nitrogen and oxygen atoms in total. The standard InChI is InChI=1S/C9H15NO4/c1-12-8(11)7-6-14-9(10-7)2-4-13-5-3-9/h7,10H,2-6H2,1H3. The van der Waals surface area contributed by atoms with Gasteiger partial charge < -0.3 is 14.2 Å². The van der Waals surface area contributed by atoms with E-state index in [1.165, 1.54) is 7.11 Å². The highest BCUT2D eigenvalue weighted by Gasteiger charge is 2.43. The van der Waals surface area contributed by atoms with E-state index in [1.54, 1.807) is 0 Å². The number of carbonyl (C=O) groups is 1. The Morgan fingerprint density at radius 1 is 1.50 bits per heavy atom. The van der Waals surface area contributed by atoms with Gasteiger partial charge in [0.25, 0.3) is 0 Å². The minimum Gasteiger partial charge on any atom is -0.468 e. The molecule has 0 aromatic carbocycles. The second-order valence-corrected chi connectivity index (χ2v) is 3.64. The lowest BCUT2D eigenvalue weighted by atomic mass is 10.0. The minimum absolute atomic E-state index is 0.256. The molecule has 0 aliphatic carbocycles. The quantitative estimate of drug-likeness (QED) is 0.588. The van der Waals surface area contributed by atoms with E-state index < -0.39 is 0 Å². The second kappa shape index (κ2) is 3.84. The summed E-state index contributed by atoms with van der Waals surface area (Å²) in [4.78, 5) is 11.2. The van der Waals surface area contributed by atoms with E-state index in [-0.39, 0.29) is 17.7 Å². The van der Waals surface area contributed by atoms with Crippen LogP contribution in [0.2, 0.25) is 0 Å². The molecule has 1 unspecified atom stereocenters. The summed E-state index contributed by atoms with van der Waals surface area (Å²) in [6.07, 6.45) is 1.58. The van der Waals surface area contributed by atoms with Crippen LogP contribution in [0.1, 0.15) is 12.8 Å². The Bertz CT molecular complexity index is 225. The van der Waals surface area contributed by atoms with Gasteiger partial charge in [0.05, 0.1) is 26.9 Å². The predicted molar refractivity (Wildman–Crippen MR) is 47.7 cm³/mol. The largest absolute Gasteiger partial charge is 0.468 e. The average Bonchev–Trinajstić information content (AvgIpc) is 2.62. The Hall–Kier alpha value is -0.650. The van der Waals surface area contributed by atoms with Crippen LogP contribution in [0.25, 0.3) is 0 Å². The predicted octanol–water partition coefficient (Wildman–Crippen LogP) is -0.346. The van der Waals surface area contributed by atoms with Gasteiger partial charge in [-0.25, -0.2) is 0 Å². The Labute approximate surface area is 82.7 Å². The van der Waals surface area contributed by atoms with Gasteiger partial charge in [-0.15, -0.1) is 0 Å². The first-order chi connectivity index (χ1) is 6.76. The topological polar surface area (TPSA) is 56.8 Å². The number of esters is 1. The fourth-order valence-corrected chi connectivity index (χ4v) is 1.90. The van der Waals surface area contributed by atoms with Crippen molar-refractivity contribution in [2.24, 2.45) is 0 Å². The number of carbonyl (C=O) groups excluding carboxylic acids is 1. The minimum atomic E-state index is -0.350. The van der Waals surface area contributed by atoms with Crippen molar-refractivity contribution in [3.05, 3.63) is 0 Å². The van der Waals surface area contributed by atoms with Gasteiger partial charge in [-0.3, -0.25) is 10.1 Å². The van der Waals surface area contributed by atoms with Crippen molar-refractivity contribution in [3.8, 4) is 0 Å². The van der Waals surface area contributed by atoms with Crippen LogP contribution < -0.4 is 5.32 Å². The van der Waals surface area contributed by atoms with Crippen LogP contribution in [0.15, 0.2) is 0 Å². The van der Waals surface area contributed by atoms with Crippen LogP contribution in [0.5, 0.6) is 0 Å². The molecule has 0 bridgehead atoms. The van der Waals surface area contributed by atoms with Crippen molar-refractivity contribution < 1.29 is 19.0 Å². The van der Waals surface area contributed by atoms with Crippen LogP contribution in [-0.2, 0) is 19.0 Å². The molecule has 2 saturated heterocycles. The highest BCUT2D eigenvalue weighted by Crippen LogP contribution is 2.27. The fraction of sp³-hybridized carbons (Fsp3) is 0.889. The number of ether oxygens (including phenoxy) is 3. The molecule has 14 heavy (non-hydrogen) atoms. The van der Waals surface area contributed by atoms with Crippen LogP contribution >= 0.6 is 0 Å². The zero-order chi connectivity index (χ0) is 10.0. The summed E-state index contributed by atoms with van der Waals surface area (Å²) >= 11 is 0. The lowest BCUT2D eigenvalue weighted by Crippen LogP contribution is -2.50. The molecule has 0 saturated carbocycles. The van der Waals surface area contributed by atoms with Crippen LogP contribution in [0, 0.1) is 0 Å². The summed E-state index contributed by atoms with van der Waals surface area (Å²) in [7, 11) is 1.39. The highest BCUT2D eigenvalue weighted by molar-refractivity contribution is 5.76. The number of hydrogen-bond acceptors (Lipinski definition) is 5. The van der Waals surface area contributed by atoms with Crippen molar-refractivity contribution >= 4 is 5.97 Å². The summed E-state index contributed by atoms with van der Waals surface area (Å²) in [6.45, 7) is 1.76. The molecule has 2 aliphatic heterocycles. The van der Waals surface area contributed by atoms with Gasteiger partial charge in [0.15, 0.2) is 0 Å². The van der Waals surface area contributed by atoms with Crippen molar-refractivity contribution in [3.63, 3.8) is 0 Å². The van der Waals surface area contributed by atoms with Crippen LogP contribution in [0.3, 0.4) is 0 Å². The van der Waals surface area contributed by atoms with Crippen molar-refractivity contribution in [1.82, 2.24) is 5.32 Å². The molecule has 1 N–H and O–H groups in total. The molecular weight excluding hydrogens is 186 g/mol. The highest BCUT2D eigenvalue weighted by atomic mass is 16.6. The third kappa shape index (κ3) is 1.75. The number of hydrogen-bond donors (Lipinski definition) is 1. The summed E-state index contributed by atoms with van der Waals surface area (Å²) in [5.74, 6) is -0.256. The molecule has 0 aromatic rings. The summed E-state index contributed by atoms with van der Waals surface area (Å²) < 4.78 is 15.5. The number of methoxy groups -OCH3 is 1. The number of nitrogens with one attached hydrogen (secondary N) is 1. The van der Waals surface area contributed by atoms with Gasteiger partial charge in [-0.2, -0.15) is 0 Å². The molecule has 2 aliphatic rings. The maximum absolute atomic E-state index is 11.2. The van der Waals surface area contributed by atoms with E-state index in [0.717, 1.165) is 12.8 Å². The van der Waals surface area contributed by atoms with Gasteiger partial charge >= 0.3 is 5.97 Å². The van der Waals surface area contributed by atoms with Gasteiger partial charge in [-0.05, 0) is 0 Å². The lowest BCUT2D eigenvalue weighted by molar-refractivity contribution is -0.142. The van der Waals surface area contributed by atoms with Crippen LogP contribution in [-0.4, -0.2) is 44.7 Å². The van der Waals surface area contributed by atoms with Crippen molar-refractivity contribution in [1.29, 1.82) is 0 Å². The fourth-order valence-electron chi connectivity index (χ4n) is 1.90. The first kappa shape index (κ1) is 9.89. The van der Waals surface area contributed by atoms with Gasteiger partial charge in [0.1, 0.15) is 11.8 Å². The molecular formula is C9H15NO4. The van der Waals surface area contributed by atoms with E-state index >= 15 is 0 Å². The van der Waals surface area contributed by atoms with Crippen molar-refractivity contribution in [2.75, 3.05) is 26.9 Å². The van der Waals surface area contributed by atoms with E-state index in [0.29, 0.717) is 19.8 Å². The molecule has 2 fully saturated rings. The van der Waals surface area contributed by atoms with E-state index in [1.807, 2.05) is 0 Å². The summed E-state index contributed by atoms with van der Waals surface area (Å²) in [6, 6.07) is -0.321. The maximum atomic E-state index is 11.2. The second-order valence-electron chi connectivity index (χ2n) is 3.64.